The van der Waals surface area contributed by atoms with Gasteiger partial charge in [0, 0.05) is 24.7 Å². The molecule has 1 saturated carbocycles. The zero-order valence-corrected chi connectivity index (χ0v) is 12.5. The Labute approximate surface area is 114 Å². The van der Waals surface area contributed by atoms with E-state index in [4.69, 9.17) is 0 Å². The Morgan fingerprint density at radius 3 is 2.56 bits per heavy atom. The quantitative estimate of drug-likeness (QED) is 0.727. The number of rotatable bonds is 6. The highest BCUT2D eigenvalue weighted by atomic mass is 15.2. The van der Waals surface area contributed by atoms with Gasteiger partial charge in [-0.2, -0.15) is 0 Å². The Kier molecular flexibility index (Phi) is 5.50. The van der Waals surface area contributed by atoms with Crippen LogP contribution in [0.1, 0.15) is 71.6 Å². The molecule has 1 N–H and O–H groups in total. The lowest BCUT2D eigenvalue weighted by Gasteiger charge is -2.45. The van der Waals surface area contributed by atoms with Gasteiger partial charge in [-0.3, -0.25) is 4.90 Å². The molecule has 2 rings (SSSR count). The van der Waals surface area contributed by atoms with Crippen molar-refractivity contribution in [2.75, 3.05) is 19.6 Å². The summed E-state index contributed by atoms with van der Waals surface area (Å²) in [5.74, 6) is 0. The summed E-state index contributed by atoms with van der Waals surface area (Å²) in [5.41, 5.74) is 0.496. The van der Waals surface area contributed by atoms with Crippen LogP contribution in [-0.4, -0.2) is 36.1 Å². The molecule has 1 aliphatic carbocycles. The van der Waals surface area contributed by atoms with Crippen molar-refractivity contribution >= 4 is 0 Å². The predicted octanol–water partition coefficient (Wildman–Crippen LogP) is 3.56. The van der Waals surface area contributed by atoms with Crippen LogP contribution in [0.15, 0.2) is 0 Å². The minimum Gasteiger partial charge on any atom is -0.308 e. The van der Waals surface area contributed by atoms with Crippen LogP contribution in [0.4, 0.5) is 0 Å². The normalized spacial score (nSPS) is 28.0. The number of piperazine rings is 1. The van der Waals surface area contributed by atoms with Crippen molar-refractivity contribution in [2.24, 2.45) is 0 Å². The number of hydrogen-bond acceptors (Lipinski definition) is 2. The minimum atomic E-state index is 0.496. The maximum absolute atomic E-state index is 3.84. The Hall–Kier alpha value is -0.0800. The molecule has 2 aliphatic rings. The van der Waals surface area contributed by atoms with Crippen LogP contribution in [-0.2, 0) is 0 Å². The summed E-state index contributed by atoms with van der Waals surface area (Å²) in [4.78, 5) is 2.76. The van der Waals surface area contributed by atoms with E-state index in [2.05, 4.69) is 24.1 Å². The molecule has 2 nitrogen and oxygen atoms in total. The first kappa shape index (κ1) is 14.3. The molecule has 18 heavy (non-hydrogen) atoms. The van der Waals surface area contributed by atoms with Gasteiger partial charge in [0.2, 0.25) is 0 Å². The van der Waals surface area contributed by atoms with Crippen LogP contribution < -0.4 is 5.32 Å². The van der Waals surface area contributed by atoms with E-state index in [1.165, 1.54) is 77.4 Å². The van der Waals surface area contributed by atoms with Crippen LogP contribution in [0.5, 0.6) is 0 Å². The van der Waals surface area contributed by atoms with Crippen molar-refractivity contribution < 1.29 is 0 Å². The molecule has 1 spiro atoms. The summed E-state index contributed by atoms with van der Waals surface area (Å²) in [6, 6.07) is 0.738. The third-order valence-electron chi connectivity index (χ3n) is 5.01. The monoisotopic (exact) mass is 252 g/mol. The lowest BCUT2D eigenvalue weighted by molar-refractivity contribution is 0.0874. The summed E-state index contributed by atoms with van der Waals surface area (Å²) in [6.07, 6.45) is 12.7. The molecule has 1 saturated heterocycles. The molecule has 0 aromatic rings. The Balaban J connectivity index is 1.72. The van der Waals surface area contributed by atoms with Gasteiger partial charge in [-0.05, 0) is 32.7 Å². The first-order valence-corrected chi connectivity index (χ1v) is 8.25. The van der Waals surface area contributed by atoms with Crippen molar-refractivity contribution in [1.82, 2.24) is 10.2 Å². The maximum Gasteiger partial charge on any atom is 0.0309 e. The van der Waals surface area contributed by atoms with Gasteiger partial charge in [0.25, 0.3) is 0 Å². The molecular formula is C16H32N2. The molecule has 106 valence electrons. The fourth-order valence-corrected chi connectivity index (χ4v) is 3.70. The van der Waals surface area contributed by atoms with Crippen molar-refractivity contribution in [1.29, 1.82) is 0 Å². The van der Waals surface area contributed by atoms with Crippen LogP contribution in [0.3, 0.4) is 0 Å². The lowest BCUT2D eigenvalue weighted by Crippen LogP contribution is -2.62. The van der Waals surface area contributed by atoms with Crippen molar-refractivity contribution in [2.45, 2.75) is 83.2 Å². The molecule has 1 atom stereocenters. The molecule has 2 heteroatoms. The van der Waals surface area contributed by atoms with E-state index in [1.54, 1.807) is 0 Å². The zero-order chi connectivity index (χ0) is 12.8. The average Bonchev–Trinajstić information content (AvgIpc) is 2.82. The van der Waals surface area contributed by atoms with Crippen molar-refractivity contribution in [3.8, 4) is 0 Å². The van der Waals surface area contributed by atoms with Gasteiger partial charge in [-0.1, -0.05) is 45.4 Å². The maximum atomic E-state index is 3.84. The lowest BCUT2D eigenvalue weighted by atomic mass is 9.92. The second-order valence-corrected chi connectivity index (χ2v) is 6.60. The molecule has 0 aromatic carbocycles. The van der Waals surface area contributed by atoms with Gasteiger partial charge in [-0.25, -0.2) is 0 Å². The first-order valence-electron chi connectivity index (χ1n) is 8.25. The standard InChI is InChI=1S/C16H32N2/c1-3-4-5-6-9-12-18-14-16(10-7-8-11-16)17-13-15(18)2/h15,17H,3-14H2,1-2H3. The Morgan fingerprint density at radius 1 is 1.11 bits per heavy atom. The van der Waals surface area contributed by atoms with Crippen molar-refractivity contribution in [3.05, 3.63) is 0 Å². The Bertz CT molecular complexity index is 233. The third kappa shape index (κ3) is 3.71. The summed E-state index contributed by atoms with van der Waals surface area (Å²) < 4.78 is 0. The van der Waals surface area contributed by atoms with Gasteiger partial charge in [0.1, 0.15) is 0 Å². The molecule has 0 radical (unpaired) electrons. The number of hydrogen-bond donors (Lipinski definition) is 1. The molecular weight excluding hydrogens is 220 g/mol. The van der Waals surface area contributed by atoms with Gasteiger partial charge in [0.05, 0.1) is 0 Å². The van der Waals surface area contributed by atoms with E-state index in [1.807, 2.05) is 0 Å². The highest BCUT2D eigenvalue weighted by molar-refractivity contribution is 5.00. The zero-order valence-electron chi connectivity index (χ0n) is 12.5. The molecule has 1 heterocycles. The topological polar surface area (TPSA) is 15.3 Å². The molecule has 1 unspecified atom stereocenters. The molecule has 0 aromatic heterocycles. The third-order valence-corrected chi connectivity index (χ3v) is 5.01. The average molecular weight is 252 g/mol. The fraction of sp³-hybridized carbons (Fsp3) is 1.00. The molecule has 2 fully saturated rings. The number of nitrogens with one attached hydrogen (secondary N) is 1. The summed E-state index contributed by atoms with van der Waals surface area (Å²) in [7, 11) is 0. The van der Waals surface area contributed by atoms with Gasteiger partial charge < -0.3 is 5.32 Å². The molecule has 1 aliphatic heterocycles. The summed E-state index contributed by atoms with van der Waals surface area (Å²) in [6.45, 7) is 8.52. The van der Waals surface area contributed by atoms with E-state index < -0.39 is 0 Å². The van der Waals surface area contributed by atoms with E-state index in [0.717, 1.165) is 6.04 Å². The second kappa shape index (κ2) is 6.91. The molecule has 0 bridgehead atoms. The number of unbranched alkanes of at least 4 members (excludes halogenated alkanes) is 4. The van der Waals surface area contributed by atoms with E-state index in [9.17, 15) is 0 Å². The van der Waals surface area contributed by atoms with Gasteiger partial charge >= 0.3 is 0 Å². The van der Waals surface area contributed by atoms with Gasteiger partial charge in [-0.15, -0.1) is 0 Å². The highest BCUT2D eigenvalue weighted by Crippen LogP contribution is 2.33. The van der Waals surface area contributed by atoms with Gasteiger partial charge in [0.15, 0.2) is 0 Å². The first-order chi connectivity index (χ1) is 8.76. The van der Waals surface area contributed by atoms with E-state index in [0.29, 0.717) is 5.54 Å². The summed E-state index contributed by atoms with van der Waals surface area (Å²) >= 11 is 0. The van der Waals surface area contributed by atoms with Crippen LogP contribution in [0.2, 0.25) is 0 Å². The van der Waals surface area contributed by atoms with Crippen molar-refractivity contribution in [3.63, 3.8) is 0 Å². The molecule has 0 amide bonds. The second-order valence-electron chi connectivity index (χ2n) is 6.60. The summed E-state index contributed by atoms with van der Waals surface area (Å²) in [5, 5.41) is 3.84. The minimum absolute atomic E-state index is 0.496. The van der Waals surface area contributed by atoms with E-state index in [-0.39, 0.29) is 0 Å². The smallest absolute Gasteiger partial charge is 0.0309 e. The predicted molar refractivity (Wildman–Crippen MR) is 79.0 cm³/mol. The van der Waals surface area contributed by atoms with Crippen LogP contribution in [0, 0.1) is 0 Å². The number of nitrogens with zero attached hydrogens (tertiary/aromatic N) is 1. The fourth-order valence-electron chi connectivity index (χ4n) is 3.70. The Morgan fingerprint density at radius 2 is 1.83 bits per heavy atom. The highest BCUT2D eigenvalue weighted by Gasteiger charge is 2.39. The van der Waals surface area contributed by atoms with Crippen LogP contribution >= 0.6 is 0 Å². The SMILES string of the molecule is CCCCCCCN1CC2(CCCC2)NCC1C. The van der Waals surface area contributed by atoms with E-state index >= 15 is 0 Å². The largest absolute Gasteiger partial charge is 0.308 e. The van der Waals surface area contributed by atoms with Crippen LogP contribution in [0.25, 0.3) is 0 Å².